The van der Waals surface area contributed by atoms with Crippen molar-refractivity contribution >= 4 is 5.91 Å². The van der Waals surface area contributed by atoms with Gasteiger partial charge < -0.3 is 0 Å². The topological polar surface area (TPSA) is 34.9 Å². The monoisotopic (exact) mass is 550 g/mol. The molecule has 1 aromatic heterocycles. The van der Waals surface area contributed by atoms with Crippen molar-refractivity contribution in [3.63, 3.8) is 0 Å². The zero-order valence-corrected chi connectivity index (χ0v) is 14.6. The van der Waals surface area contributed by atoms with Crippen LogP contribution in [0.2, 0.25) is 0 Å². The van der Waals surface area contributed by atoms with Crippen LogP contribution in [-0.4, -0.2) is 51.7 Å². The van der Waals surface area contributed by atoms with Gasteiger partial charge in [0.05, 0.1) is 0 Å². The van der Waals surface area contributed by atoms with Gasteiger partial charge in [0.25, 0.3) is 0 Å². The van der Waals surface area contributed by atoms with Gasteiger partial charge in [-0.25, -0.2) is 0 Å². The van der Waals surface area contributed by atoms with E-state index in [1.165, 1.54) is 5.10 Å². The first kappa shape index (κ1) is 29.6. The molecule has 0 saturated carbocycles. The van der Waals surface area contributed by atoms with Crippen molar-refractivity contribution in [2.24, 2.45) is 0 Å². The molecule has 198 valence electrons. The average molecular weight is 550 g/mol. The maximum absolute atomic E-state index is 13.9. The molecule has 3 nitrogen and oxygen atoms in total. The molecule has 0 spiro atoms. The standard InChI is InChI=1S/C12HF19N2O/c13-5(14,2-1-3(6(15,16)17)33(32-2)4(34)7(18,19)20)8(21,22)9(23,24)10(25,26)11(27,28)12(29,30)31/h1H. The van der Waals surface area contributed by atoms with Crippen molar-refractivity contribution in [1.82, 2.24) is 9.78 Å². The molecular weight excluding hydrogens is 549 g/mol. The summed E-state index contributed by atoms with van der Waals surface area (Å²) in [6, 6.07) is -1.65. The largest absolute Gasteiger partial charge is 0.473 e. The van der Waals surface area contributed by atoms with Crippen molar-refractivity contribution in [2.45, 2.75) is 48.1 Å². The Kier molecular flexibility index (Phi) is 6.54. The molecule has 0 aliphatic carbocycles. The fourth-order valence-electron chi connectivity index (χ4n) is 1.94. The minimum absolute atomic E-state index is 1.40. The smallest absolute Gasteiger partial charge is 0.262 e. The molecule has 22 heteroatoms. The summed E-state index contributed by atoms with van der Waals surface area (Å²) in [7, 11) is 0. The predicted octanol–water partition coefficient (Wildman–Crippen LogP) is 6.30. The molecule has 0 amide bonds. The van der Waals surface area contributed by atoms with Gasteiger partial charge >= 0.3 is 54.0 Å². The lowest BCUT2D eigenvalue weighted by molar-refractivity contribution is -0.442. The summed E-state index contributed by atoms with van der Waals surface area (Å²) < 4.78 is 242. The number of rotatable bonds is 5. The summed E-state index contributed by atoms with van der Waals surface area (Å²) in [5.74, 6) is -44.4. The van der Waals surface area contributed by atoms with Crippen molar-refractivity contribution in [3.8, 4) is 0 Å². The molecule has 0 saturated heterocycles. The second-order valence-corrected chi connectivity index (χ2v) is 6.00. The maximum Gasteiger partial charge on any atom is 0.473 e. The molecule has 34 heavy (non-hydrogen) atoms. The Hall–Kier alpha value is -2.45. The first-order chi connectivity index (χ1) is 14.5. The highest BCUT2D eigenvalue weighted by Crippen LogP contribution is 2.62. The molecule has 0 radical (unpaired) electrons. The Balaban J connectivity index is 3.83. The average Bonchev–Trinajstić information content (AvgIpc) is 3.04. The summed E-state index contributed by atoms with van der Waals surface area (Å²) in [4.78, 5) is 10.9. The molecule has 0 aliphatic heterocycles. The van der Waals surface area contributed by atoms with Crippen LogP contribution in [0.5, 0.6) is 0 Å². The van der Waals surface area contributed by atoms with Crippen LogP contribution in [0, 0.1) is 0 Å². The number of hydrogen-bond donors (Lipinski definition) is 0. The van der Waals surface area contributed by atoms with E-state index in [2.05, 4.69) is 0 Å². The van der Waals surface area contributed by atoms with E-state index in [0.717, 1.165) is 0 Å². The summed E-state index contributed by atoms with van der Waals surface area (Å²) in [5, 5.41) is 1.40. The van der Waals surface area contributed by atoms with Gasteiger partial charge in [0, 0.05) is 0 Å². The van der Waals surface area contributed by atoms with E-state index in [1.54, 1.807) is 0 Å². The Morgan fingerprint density at radius 1 is 0.618 bits per heavy atom. The lowest BCUT2D eigenvalue weighted by Gasteiger charge is -2.39. The van der Waals surface area contributed by atoms with E-state index in [9.17, 15) is 88.2 Å². The van der Waals surface area contributed by atoms with E-state index in [0.29, 0.717) is 0 Å². The van der Waals surface area contributed by atoms with Crippen LogP contribution >= 0.6 is 0 Å². The molecule has 1 aromatic rings. The van der Waals surface area contributed by atoms with Crippen LogP contribution in [0.25, 0.3) is 0 Å². The third kappa shape index (κ3) is 4.11. The van der Waals surface area contributed by atoms with Crippen LogP contribution < -0.4 is 0 Å². The van der Waals surface area contributed by atoms with Crippen LogP contribution in [0.1, 0.15) is 16.2 Å². The normalized spacial score (nSPS) is 15.6. The van der Waals surface area contributed by atoms with Crippen LogP contribution in [0.3, 0.4) is 0 Å². The quantitative estimate of drug-likeness (QED) is 0.404. The second-order valence-electron chi connectivity index (χ2n) is 6.00. The number of aromatic nitrogens is 2. The summed E-state index contributed by atoms with van der Waals surface area (Å²) in [6.45, 7) is 0. The molecule has 0 unspecified atom stereocenters. The van der Waals surface area contributed by atoms with Crippen LogP contribution in [0.4, 0.5) is 83.4 Å². The molecule has 0 bridgehead atoms. The highest BCUT2D eigenvalue weighted by atomic mass is 19.4. The molecule has 0 atom stereocenters. The first-order valence-electron chi connectivity index (χ1n) is 7.24. The van der Waals surface area contributed by atoms with E-state index in [4.69, 9.17) is 0 Å². The van der Waals surface area contributed by atoms with Crippen LogP contribution in [-0.2, 0) is 12.1 Å². The minimum Gasteiger partial charge on any atom is -0.262 e. The third-order valence-electron chi connectivity index (χ3n) is 3.69. The Bertz CT molecular complexity index is 931. The van der Waals surface area contributed by atoms with Gasteiger partial charge in [0.2, 0.25) is 0 Å². The van der Waals surface area contributed by atoms with E-state index in [-0.39, 0.29) is 0 Å². The van der Waals surface area contributed by atoms with Crippen molar-refractivity contribution in [2.75, 3.05) is 0 Å². The Labute approximate surface area is 171 Å². The van der Waals surface area contributed by atoms with E-state index in [1.807, 2.05) is 0 Å². The molecule has 0 aliphatic rings. The summed E-state index contributed by atoms with van der Waals surface area (Å²) >= 11 is 0. The van der Waals surface area contributed by atoms with Crippen molar-refractivity contribution in [3.05, 3.63) is 17.5 Å². The zero-order chi connectivity index (χ0) is 27.7. The summed E-state index contributed by atoms with van der Waals surface area (Å²) in [6.07, 6.45) is -20.6. The van der Waals surface area contributed by atoms with Gasteiger partial charge in [0.1, 0.15) is 5.69 Å². The number of hydrogen-bond acceptors (Lipinski definition) is 2. The molecule has 0 fully saturated rings. The number of nitrogens with zero attached hydrogens (tertiary/aromatic N) is 2. The van der Waals surface area contributed by atoms with Crippen molar-refractivity contribution in [1.29, 1.82) is 0 Å². The highest BCUT2D eigenvalue weighted by Gasteiger charge is 2.91. The Morgan fingerprint density at radius 3 is 1.32 bits per heavy atom. The number of carbonyl (C=O) groups is 1. The van der Waals surface area contributed by atoms with E-state index >= 15 is 0 Å². The number of alkyl halides is 19. The Morgan fingerprint density at radius 2 is 1.00 bits per heavy atom. The van der Waals surface area contributed by atoms with Gasteiger partial charge in [-0.05, 0) is 6.07 Å². The molecule has 0 N–H and O–H groups in total. The molecule has 1 heterocycles. The first-order valence-corrected chi connectivity index (χ1v) is 7.24. The summed E-state index contributed by atoms with van der Waals surface area (Å²) in [5.41, 5.74) is -6.95. The maximum atomic E-state index is 13.9. The van der Waals surface area contributed by atoms with Gasteiger partial charge in [-0.3, -0.25) is 4.79 Å². The lowest BCUT2D eigenvalue weighted by atomic mass is 9.92. The van der Waals surface area contributed by atoms with Gasteiger partial charge in [-0.15, -0.1) is 0 Å². The van der Waals surface area contributed by atoms with Gasteiger partial charge in [0.15, 0.2) is 5.69 Å². The third-order valence-corrected chi connectivity index (χ3v) is 3.69. The highest BCUT2D eigenvalue weighted by molar-refractivity contribution is 5.84. The lowest BCUT2D eigenvalue weighted by Crippen LogP contribution is -2.69. The molecule has 0 aromatic carbocycles. The molecule has 1 rings (SSSR count). The van der Waals surface area contributed by atoms with Gasteiger partial charge in [-0.2, -0.15) is 93.2 Å². The number of halogens is 19. The van der Waals surface area contributed by atoms with E-state index < -0.39 is 76.2 Å². The molecular formula is C12HF19N2O. The van der Waals surface area contributed by atoms with Crippen molar-refractivity contribution < 1.29 is 88.2 Å². The fourth-order valence-corrected chi connectivity index (χ4v) is 1.94. The predicted molar refractivity (Wildman–Crippen MR) is 63.6 cm³/mol. The SMILES string of the molecule is O=C(n1nc(C(F)(F)C(F)(F)C(F)(F)C(F)(F)C(F)(F)C(F)(F)F)cc1C(F)(F)F)C(F)(F)F. The van der Waals surface area contributed by atoms with Crippen LogP contribution in [0.15, 0.2) is 6.07 Å². The zero-order valence-electron chi connectivity index (χ0n) is 14.6. The van der Waals surface area contributed by atoms with Gasteiger partial charge in [-0.1, -0.05) is 0 Å². The second kappa shape index (κ2) is 7.52. The minimum atomic E-state index is -8.45. The number of carbonyl (C=O) groups excluding carboxylic acids is 1. The fraction of sp³-hybridized carbons (Fsp3) is 0.667.